The fourth-order valence-electron chi connectivity index (χ4n) is 4.71. The number of carbonyl (C=O) groups is 1. The molecule has 0 radical (unpaired) electrons. The van der Waals surface area contributed by atoms with Crippen molar-refractivity contribution in [2.45, 2.75) is 6.92 Å². The van der Waals surface area contributed by atoms with Gasteiger partial charge >= 0.3 is 0 Å². The smallest absolute Gasteiger partial charge is 0.252 e. The molecule has 1 fully saturated rings. The Morgan fingerprint density at radius 3 is 2.62 bits per heavy atom. The van der Waals surface area contributed by atoms with E-state index in [2.05, 4.69) is 40.2 Å². The van der Waals surface area contributed by atoms with E-state index in [-0.39, 0.29) is 18.3 Å². The van der Waals surface area contributed by atoms with Crippen molar-refractivity contribution in [3.8, 4) is 10.6 Å². The van der Waals surface area contributed by atoms with Crippen LogP contribution in [-0.4, -0.2) is 60.0 Å². The number of hydrogen-bond donors (Lipinski definition) is 1. The van der Waals surface area contributed by atoms with E-state index in [4.69, 9.17) is 9.97 Å². The molecule has 1 N–H and O–H groups in total. The van der Waals surface area contributed by atoms with Gasteiger partial charge in [0.25, 0.3) is 5.91 Å². The molecule has 1 saturated heterocycles. The average Bonchev–Trinajstić information content (AvgIpc) is 3.60. The van der Waals surface area contributed by atoms with Crippen molar-refractivity contribution in [2.75, 3.05) is 44.2 Å². The number of carbonyl (C=O) groups excluding carboxylic acids is 1. The summed E-state index contributed by atoms with van der Waals surface area (Å²) >= 11 is 3.41. The summed E-state index contributed by atoms with van der Waals surface area (Å²) in [7, 11) is 0. The first-order chi connectivity index (χ1) is 17.7. The lowest BCUT2D eigenvalue weighted by Gasteiger charge is -2.34. The van der Waals surface area contributed by atoms with E-state index in [1.54, 1.807) is 22.7 Å². The first-order valence-corrected chi connectivity index (χ1v) is 13.9. The summed E-state index contributed by atoms with van der Waals surface area (Å²) in [6.45, 7) is 7.40. The maximum Gasteiger partial charge on any atom is 0.252 e. The number of amides is 1. The lowest BCUT2D eigenvalue weighted by Crippen LogP contribution is -2.48. The molecule has 2 aromatic carbocycles. The summed E-state index contributed by atoms with van der Waals surface area (Å²) in [6, 6.07) is 20.2. The lowest BCUT2D eigenvalue weighted by atomic mass is 10.1. The highest BCUT2D eigenvalue weighted by atomic mass is 35.5. The number of aromatic nitrogens is 2. The van der Waals surface area contributed by atoms with Crippen LogP contribution in [0.3, 0.4) is 0 Å². The molecule has 1 aliphatic rings. The molecule has 3 aromatic heterocycles. The van der Waals surface area contributed by atoms with Gasteiger partial charge in [-0.2, -0.15) is 0 Å². The van der Waals surface area contributed by atoms with E-state index >= 15 is 0 Å². The minimum Gasteiger partial charge on any atom is -0.351 e. The molecule has 1 aliphatic heterocycles. The Hall–Kier alpha value is -3.04. The lowest BCUT2D eigenvalue weighted by molar-refractivity contribution is 0.0949. The second kappa shape index (κ2) is 11.1. The van der Waals surface area contributed by atoms with Gasteiger partial charge in [0.1, 0.15) is 0 Å². The molecular weight excluding hydrogens is 522 g/mol. The number of hydrogen-bond acceptors (Lipinski definition) is 7. The van der Waals surface area contributed by atoms with E-state index in [0.29, 0.717) is 12.1 Å². The number of halogens is 1. The molecule has 0 aliphatic carbocycles. The summed E-state index contributed by atoms with van der Waals surface area (Å²) < 4.78 is 1.25. The van der Waals surface area contributed by atoms with E-state index in [1.165, 1.54) is 10.3 Å². The van der Waals surface area contributed by atoms with Crippen LogP contribution in [0.15, 0.2) is 66.0 Å². The highest BCUT2D eigenvalue weighted by Gasteiger charge is 2.20. The van der Waals surface area contributed by atoms with Gasteiger partial charge in [-0.05, 0) is 42.1 Å². The molecule has 6 nitrogen and oxygen atoms in total. The van der Waals surface area contributed by atoms with Crippen LogP contribution in [-0.2, 0) is 0 Å². The molecule has 0 saturated carbocycles. The number of nitrogens with zero attached hydrogens (tertiary/aromatic N) is 4. The quantitative estimate of drug-likeness (QED) is 0.288. The van der Waals surface area contributed by atoms with Gasteiger partial charge in [0, 0.05) is 44.7 Å². The van der Waals surface area contributed by atoms with Crippen LogP contribution in [0.4, 0.5) is 5.13 Å². The number of piperazine rings is 1. The monoisotopic (exact) mass is 549 g/mol. The van der Waals surface area contributed by atoms with Crippen molar-refractivity contribution >= 4 is 67.2 Å². The summed E-state index contributed by atoms with van der Waals surface area (Å²) in [4.78, 5) is 28.7. The number of thiazole rings is 1. The van der Waals surface area contributed by atoms with Crippen molar-refractivity contribution in [1.82, 2.24) is 20.2 Å². The molecular formula is C28H28ClN5OS2. The van der Waals surface area contributed by atoms with E-state index in [9.17, 15) is 4.79 Å². The Labute approximate surface area is 230 Å². The molecule has 0 spiro atoms. The SMILES string of the molecule is Cc1cccc2sc(N3CCN(CCNC(=O)c4cc(-c5cccs5)nc5ccccc45)CC3)nc12.Cl. The third-order valence-corrected chi connectivity index (χ3v) is 8.67. The first kappa shape index (κ1) is 25.6. The third kappa shape index (κ3) is 5.33. The molecule has 1 amide bonds. The number of pyridine rings is 1. The standard InChI is InChI=1S/C28H27N5OS2.ClH/c1-19-6-4-9-25-26(19)31-28(36-25)33-15-13-32(14-16-33)12-11-29-27(34)21-18-23(24-10-5-17-35-24)30-22-8-3-2-7-20(21)22;/h2-10,17-18H,11-16H2,1H3,(H,29,34);1H. The number of benzene rings is 2. The summed E-state index contributed by atoms with van der Waals surface area (Å²) in [6.07, 6.45) is 0. The van der Waals surface area contributed by atoms with E-state index in [0.717, 1.165) is 64.8 Å². The average molecular weight is 550 g/mol. The van der Waals surface area contributed by atoms with Crippen LogP contribution < -0.4 is 10.2 Å². The van der Waals surface area contributed by atoms with Crippen molar-refractivity contribution in [3.63, 3.8) is 0 Å². The Bertz CT molecular complexity index is 1530. The predicted octanol–water partition coefficient (Wildman–Crippen LogP) is 5.86. The summed E-state index contributed by atoms with van der Waals surface area (Å²) in [5, 5.41) is 7.17. The van der Waals surface area contributed by atoms with Gasteiger partial charge in [-0.15, -0.1) is 23.7 Å². The van der Waals surface area contributed by atoms with Crippen LogP contribution in [0.2, 0.25) is 0 Å². The van der Waals surface area contributed by atoms with Crippen molar-refractivity contribution < 1.29 is 4.79 Å². The fourth-order valence-corrected chi connectivity index (χ4v) is 6.49. The molecule has 37 heavy (non-hydrogen) atoms. The summed E-state index contributed by atoms with van der Waals surface area (Å²) in [5.74, 6) is -0.0464. The summed E-state index contributed by atoms with van der Waals surface area (Å²) in [5.41, 5.74) is 4.71. The molecule has 4 heterocycles. The number of anilines is 1. The van der Waals surface area contributed by atoms with Gasteiger partial charge in [0.05, 0.1) is 31.9 Å². The third-order valence-electron chi connectivity index (χ3n) is 6.70. The Morgan fingerprint density at radius 2 is 1.84 bits per heavy atom. The van der Waals surface area contributed by atoms with Gasteiger partial charge in [-0.25, -0.2) is 9.97 Å². The normalized spacial score (nSPS) is 14.1. The zero-order valence-electron chi connectivity index (χ0n) is 20.5. The minimum absolute atomic E-state index is 0. The molecule has 9 heteroatoms. The van der Waals surface area contributed by atoms with Crippen LogP contribution in [0.25, 0.3) is 31.7 Å². The topological polar surface area (TPSA) is 61.4 Å². The number of aryl methyl sites for hydroxylation is 1. The zero-order chi connectivity index (χ0) is 24.5. The van der Waals surface area contributed by atoms with Crippen molar-refractivity contribution in [1.29, 1.82) is 0 Å². The minimum atomic E-state index is -0.0464. The zero-order valence-corrected chi connectivity index (χ0v) is 23.0. The molecule has 190 valence electrons. The highest BCUT2D eigenvalue weighted by molar-refractivity contribution is 7.22. The van der Waals surface area contributed by atoms with Gasteiger partial charge in [-0.1, -0.05) is 47.7 Å². The van der Waals surface area contributed by atoms with E-state index in [1.807, 2.05) is 47.8 Å². The van der Waals surface area contributed by atoms with Gasteiger partial charge < -0.3 is 10.2 Å². The second-order valence-corrected chi connectivity index (χ2v) is 11.0. The Balaban J connectivity index is 0.00000280. The number of fused-ring (bicyclic) bond motifs is 2. The van der Waals surface area contributed by atoms with Crippen molar-refractivity contribution in [3.05, 3.63) is 77.2 Å². The van der Waals surface area contributed by atoms with Crippen molar-refractivity contribution in [2.24, 2.45) is 0 Å². The van der Waals surface area contributed by atoms with Gasteiger partial charge in [-0.3, -0.25) is 9.69 Å². The van der Waals surface area contributed by atoms with Crippen LogP contribution in [0, 0.1) is 6.92 Å². The number of para-hydroxylation sites is 2. The molecule has 0 unspecified atom stereocenters. The van der Waals surface area contributed by atoms with Gasteiger partial charge in [0.2, 0.25) is 0 Å². The van der Waals surface area contributed by atoms with Crippen LogP contribution >= 0.6 is 35.1 Å². The number of thiophene rings is 1. The Kier molecular flexibility index (Phi) is 7.71. The second-order valence-electron chi connectivity index (χ2n) is 9.05. The Morgan fingerprint density at radius 1 is 1.00 bits per heavy atom. The molecule has 5 aromatic rings. The molecule has 0 atom stereocenters. The highest BCUT2D eigenvalue weighted by Crippen LogP contribution is 2.31. The maximum absolute atomic E-state index is 13.2. The van der Waals surface area contributed by atoms with E-state index < -0.39 is 0 Å². The number of rotatable bonds is 6. The maximum atomic E-state index is 13.2. The molecule has 0 bridgehead atoms. The first-order valence-electron chi connectivity index (χ1n) is 12.2. The van der Waals surface area contributed by atoms with Crippen LogP contribution in [0.5, 0.6) is 0 Å². The fraction of sp³-hybridized carbons (Fsp3) is 0.250. The molecule has 6 rings (SSSR count). The largest absolute Gasteiger partial charge is 0.351 e. The number of nitrogens with one attached hydrogen (secondary N) is 1. The van der Waals surface area contributed by atoms with Gasteiger partial charge in [0.15, 0.2) is 5.13 Å². The van der Waals surface area contributed by atoms with Crippen LogP contribution in [0.1, 0.15) is 15.9 Å². The predicted molar refractivity (Wildman–Crippen MR) is 158 cm³/mol.